The van der Waals surface area contributed by atoms with E-state index in [0.717, 1.165) is 0 Å². The third-order valence-corrected chi connectivity index (χ3v) is 2.61. The van der Waals surface area contributed by atoms with Crippen LogP contribution in [0, 0.1) is 11.3 Å². The molecule has 0 aliphatic rings. The maximum atomic E-state index is 11.9. The van der Waals surface area contributed by atoms with Crippen LogP contribution in [0.25, 0.3) is 0 Å². The average Bonchev–Trinajstić information content (AvgIpc) is 2.49. The van der Waals surface area contributed by atoms with E-state index in [1.807, 2.05) is 6.07 Å². The molecule has 5 nitrogen and oxygen atoms in total. The summed E-state index contributed by atoms with van der Waals surface area (Å²) >= 11 is 0. The van der Waals surface area contributed by atoms with Crippen molar-refractivity contribution in [2.75, 3.05) is 5.32 Å². The highest BCUT2D eigenvalue weighted by atomic mass is 16.5. The Morgan fingerprint density at radius 3 is 2.48 bits per heavy atom. The normalized spacial score (nSPS) is 9.52. The fraction of sp³-hybridized carbons (Fsp3) is 0.0625. The molecule has 1 amide bonds. The molecule has 0 unspecified atom stereocenters. The van der Waals surface area contributed by atoms with Crippen LogP contribution in [-0.2, 0) is 4.79 Å². The zero-order chi connectivity index (χ0) is 15.2. The summed E-state index contributed by atoms with van der Waals surface area (Å²) in [4.78, 5) is 22.8. The van der Waals surface area contributed by atoms with Gasteiger partial charge in [0.2, 0.25) is 5.91 Å². The topological polar surface area (TPSA) is 79.2 Å². The molecule has 0 aliphatic carbocycles. The lowest BCUT2D eigenvalue weighted by Gasteiger charge is -2.06. The number of anilines is 1. The van der Waals surface area contributed by atoms with Gasteiger partial charge in [-0.15, -0.1) is 0 Å². The molecule has 0 bridgehead atoms. The first-order valence-corrected chi connectivity index (χ1v) is 6.18. The summed E-state index contributed by atoms with van der Waals surface area (Å²) in [5.41, 5.74) is 1.32. The van der Waals surface area contributed by atoms with Crippen molar-refractivity contribution in [3.05, 3.63) is 59.7 Å². The van der Waals surface area contributed by atoms with Crippen LogP contribution in [0.15, 0.2) is 48.5 Å². The van der Waals surface area contributed by atoms with E-state index in [-0.39, 0.29) is 5.91 Å². The molecule has 104 valence electrons. The van der Waals surface area contributed by atoms with Gasteiger partial charge < -0.3 is 10.1 Å². The minimum absolute atomic E-state index is 0.173. The summed E-state index contributed by atoms with van der Waals surface area (Å²) in [6.07, 6.45) is 0. The number of esters is 1. The number of nitrogens with zero attached hydrogens (tertiary/aromatic N) is 1. The number of benzene rings is 2. The van der Waals surface area contributed by atoms with Gasteiger partial charge in [-0.1, -0.05) is 6.07 Å². The van der Waals surface area contributed by atoms with Crippen molar-refractivity contribution in [3.8, 4) is 11.8 Å². The number of nitriles is 1. The Labute approximate surface area is 121 Å². The van der Waals surface area contributed by atoms with Gasteiger partial charge in [0.1, 0.15) is 5.75 Å². The predicted octanol–water partition coefficient (Wildman–Crippen LogP) is 2.74. The summed E-state index contributed by atoms with van der Waals surface area (Å²) in [5, 5.41) is 11.4. The largest absolute Gasteiger partial charge is 0.423 e. The van der Waals surface area contributed by atoms with Gasteiger partial charge in [-0.2, -0.15) is 5.26 Å². The summed E-state index contributed by atoms with van der Waals surface area (Å²) < 4.78 is 5.20. The van der Waals surface area contributed by atoms with Gasteiger partial charge in [-0.05, 0) is 42.5 Å². The second-order valence-corrected chi connectivity index (χ2v) is 4.29. The first kappa shape index (κ1) is 14.3. The third kappa shape index (κ3) is 3.91. The maximum absolute atomic E-state index is 11.9. The molecule has 0 saturated carbocycles. The monoisotopic (exact) mass is 280 g/mol. The lowest BCUT2D eigenvalue weighted by Crippen LogP contribution is -2.09. The lowest BCUT2D eigenvalue weighted by molar-refractivity contribution is -0.114. The van der Waals surface area contributed by atoms with Crippen LogP contribution >= 0.6 is 0 Å². The van der Waals surface area contributed by atoms with Crippen LogP contribution in [0.3, 0.4) is 0 Å². The second kappa shape index (κ2) is 6.35. The Kier molecular flexibility index (Phi) is 4.32. The molecule has 1 N–H and O–H groups in total. The van der Waals surface area contributed by atoms with Crippen molar-refractivity contribution in [2.24, 2.45) is 0 Å². The number of nitrogens with one attached hydrogen (secondary N) is 1. The van der Waals surface area contributed by atoms with Crippen molar-refractivity contribution < 1.29 is 14.3 Å². The lowest BCUT2D eigenvalue weighted by atomic mass is 10.1. The van der Waals surface area contributed by atoms with Gasteiger partial charge >= 0.3 is 5.97 Å². The molecule has 0 aromatic heterocycles. The van der Waals surface area contributed by atoms with Gasteiger partial charge in [-0.3, -0.25) is 4.79 Å². The molecule has 0 heterocycles. The molecule has 0 atom stereocenters. The van der Waals surface area contributed by atoms with Crippen molar-refractivity contribution in [2.45, 2.75) is 6.92 Å². The number of amides is 1. The van der Waals surface area contributed by atoms with Crippen molar-refractivity contribution in [1.29, 1.82) is 5.26 Å². The zero-order valence-electron chi connectivity index (χ0n) is 11.3. The van der Waals surface area contributed by atoms with Crippen LogP contribution in [0.2, 0.25) is 0 Å². The molecule has 2 rings (SSSR count). The van der Waals surface area contributed by atoms with Crippen LogP contribution in [-0.4, -0.2) is 11.9 Å². The van der Waals surface area contributed by atoms with E-state index in [1.54, 1.807) is 42.5 Å². The quantitative estimate of drug-likeness (QED) is 0.692. The number of carbonyl (C=O) groups is 2. The highest BCUT2D eigenvalue weighted by molar-refractivity contribution is 5.91. The van der Waals surface area contributed by atoms with Crippen molar-refractivity contribution in [3.63, 3.8) is 0 Å². The summed E-state index contributed by atoms with van der Waals surface area (Å²) in [6.45, 7) is 1.41. The maximum Gasteiger partial charge on any atom is 0.343 e. The van der Waals surface area contributed by atoms with E-state index in [1.165, 1.54) is 13.0 Å². The number of rotatable bonds is 3. The highest BCUT2D eigenvalue weighted by Crippen LogP contribution is 2.17. The van der Waals surface area contributed by atoms with Gasteiger partial charge in [-0.25, -0.2) is 4.79 Å². The van der Waals surface area contributed by atoms with Crippen LogP contribution < -0.4 is 10.1 Å². The summed E-state index contributed by atoms with van der Waals surface area (Å²) in [6, 6.07) is 14.7. The van der Waals surface area contributed by atoms with Crippen LogP contribution in [0.1, 0.15) is 22.8 Å². The van der Waals surface area contributed by atoms with E-state index in [2.05, 4.69) is 5.32 Å². The minimum atomic E-state index is -0.542. The number of hydrogen-bond donors (Lipinski definition) is 1. The van der Waals surface area contributed by atoms with Gasteiger partial charge in [0.05, 0.1) is 17.2 Å². The fourth-order valence-electron chi connectivity index (χ4n) is 1.69. The van der Waals surface area contributed by atoms with E-state index in [4.69, 9.17) is 10.00 Å². The Hall–Kier alpha value is -3.13. The van der Waals surface area contributed by atoms with E-state index < -0.39 is 5.97 Å². The molecule has 0 radical (unpaired) electrons. The molecule has 2 aromatic carbocycles. The number of carbonyl (C=O) groups excluding carboxylic acids is 2. The number of hydrogen-bond acceptors (Lipinski definition) is 4. The number of ether oxygens (including phenoxy) is 1. The Morgan fingerprint density at radius 1 is 1.14 bits per heavy atom. The summed E-state index contributed by atoms with van der Waals surface area (Å²) in [7, 11) is 0. The third-order valence-electron chi connectivity index (χ3n) is 2.61. The van der Waals surface area contributed by atoms with Crippen molar-refractivity contribution in [1.82, 2.24) is 0 Å². The van der Waals surface area contributed by atoms with Gasteiger partial charge in [0, 0.05) is 12.6 Å². The molecule has 0 aliphatic heterocycles. The predicted molar refractivity (Wildman–Crippen MR) is 76.9 cm³/mol. The van der Waals surface area contributed by atoms with Crippen molar-refractivity contribution >= 4 is 17.6 Å². The molecule has 21 heavy (non-hydrogen) atoms. The standard InChI is InChI=1S/C16H12N2O3/c1-11(19)18-14-5-7-15(8-6-14)21-16(20)13-4-2-3-12(9-13)10-17/h2-9H,1H3,(H,18,19). The minimum Gasteiger partial charge on any atom is -0.423 e. The zero-order valence-corrected chi connectivity index (χ0v) is 11.3. The molecule has 0 saturated heterocycles. The molecular weight excluding hydrogens is 268 g/mol. The first-order chi connectivity index (χ1) is 10.1. The SMILES string of the molecule is CC(=O)Nc1ccc(OC(=O)c2cccc(C#N)c2)cc1. The first-order valence-electron chi connectivity index (χ1n) is 6.18. The molecular formula is C16H12N2O3. The van der Waals surface area contributed by atoms with Crippen LogP contribution in [0.5, 0.6) is 5.75 Å². The van der Waals surface area contributed by atoms with E-state index in [9.17, 15) is 9.59 Å². The Balaban J connectivity index is 2.09. The Bertz CT molecular complexity index is 715. The molecule has 0 fully saturated rings. The highest BCUT2D eigenvalue weighted by Gasteiger charge is 2.09. The van der Waals surface area contributed by atoms with E-state index in [0.29, 0.717) is 22.6 Å². The van der Waals surface area contributed by atoms with E-state index >= 15 is 0 Å². The van der Waals surface area contributed by atoms with Gasteiger partial charge in [0.25, 0.3) is 0 Å². The smallest absolute Gasteiger partial charge is 0.343 e. The Morgan fingerprint density at radius 2 is 1.86 bits per heavy atom. The average molecular weight is 280 g/mol. The summed E-state index contributed by atoms with van der Waals surface area (Å²) in [5.74, 6) is -0.357. The molecule has 0 spiro atoms. The molecule has 5 heteroatoms. The van der Waals surface area contributed by atoms with Gasteiger partial charge in [0.15, 0.2) is 0 Å². The van der Waals surface area contributed by atoms with Crippen LogP contribution in [0.4, 0.5) is 5.69 Å². The molecule has 2 aromatic rings. The second-order valence-electron chi connectivity index (χ2n) is 4.29. The fourth-order valence-corrected chi connectivity index (χ4v) is 1.69.